The number of nitrogens with one attached hydrogen (secondary N) is 1. The van der Waals surface area contributed by atoms with E-state index < -0.39 is 0 Å². The maximum atomic E-state index is 4.26. The molecule has 0 aliphatic carbocycles. The van der Waals surface area contributed by atoms with Crippen LogP contribution in [0.1, 0.15) is 13.8 Å². The van der Waals surface area contributed by atoms with E-state index in [0.717, 1.165) is 16.0 Å². The molecule has 1 unspecified atom stereocenters. The quantitative estimate of drug-likeness (QED) is 0.891. The van der Waals surface area contributed by atoms with Gasteiger partial charge in [-0.15, -0.1) is 0 Å². The molecule has 0 aromatic carbocycles. The van der Waals surface area contributed by atoms with Gasteiger partial charge in [-0.05, 0) is 40.7 Å². The fourth-order valence-corrected chi connectivity index (χ4v) is 1.96. The van der Waals surface area contributed by atoms with E-state index >= 15 is 0 Å². The molecule has 0 bridgehead atoms. The number of hydrogen-bond acceptors (Lipinski definition) is 3. The fraction of sp³-hybridized carbons (Fsp3) is 0.500. The van der Waals surface area contributed by atoms with Crippen LogP contribution in [0, 0.1) is 0 Å². The van der Waals surface area contributed by atoms with Crippen molar-refractivity contribution in [1.82, 2.24) is 4.98 Å². The Morgan fingerprint density at radius 1 is 1.57 bits per heavy atom. The van der Waals surface area contributed by atoms with Crippen molar-refractivity contribution in [2.24, 2.45) is 0 Å². The first-order chi connectivity index (χ1) is 6.72. The number of rotatable bonds is 5. The van der Waals surface area contributed by atoms with Crippen LogP contribution in [0.4, 0.5) is 5.82 Å². The molecule has 1 N–H and O–H groups in total. The molecule has 1 rings (SSSR count). The number of hydrogen-bond donors (Lipinski definition) is 1. The zero-order valence-electron chi connectivity index (χ0n) is 8.46. The summed E-state index contributed by atoms with van der Waals surface area (Å²) < 4.78 is 1.01. The average Bonchev–Trinajstić information content (AvgIpc) is 2.18. The minimum absolute atomic E-state index is 0.466. The van der Waals surface area contributed by atoms with Gasteiger partial charge in [-0.2, -0.15) is 11.8 Å². The van der Waals surface area contributed by atoms with Crippen LogP contribution in [0.3, 0.4) is 0 Å². The van der Waals surface area contributed by atoms with Gasteiger partial charge in [0.05, 0.1) is 0 Å². The molecule has 4 heteroatoms. The highest BCUT2D eigenvalue weighted by atomic mass is 79.9. The van der Waals surface area contributed by atoms with E-state index in [0.29, 0.717) is 6.04 Å². The van der Waals surface area contributed by atoms with Crippen molar-refractivity contribution in [2.45, 2.75) is 19.9 Å². The number of halogens is 1. The molecule has 1 aromatic heterocycles. The van der Waals surface area contributed by atoms with Gasteiger partial charge in [0.15, 0.2) is 0 Å². The minimum Gasteiger partial charge on any atom is -0.367 e. The first-order valence-electron chi connectivity index (χ1n) is 4.68. The summed E-state index contributed by atoms with van der Waals surface area (Å²) in [6.07, 6.45) is 1.81. The summed E-state index contributed by atoms with van der Waals surface area (Å²) in [5, 5.41) is 3.35. The average molecular weight is 275 g/mol. The second-order valence-electron chi connectivity index (χ2n) is 3.07. The SMILES string of the molecule is CCSCC(C)Nc1ccc(Br)cn1. The Morgan fingerprint density at radius 3 is 2.93 bits per heavy atom. The summed E-state index contributed by atoms with van der Waals surface area (Å²) in [5.74, 6) is 3.23. The summed E-state index contributed by atoms with van der Waals surface area (Å²) in [6.45, 7) is 4.35. The Balaban J connectivity index is 2.39. The normalized spacial score (nSPS) is 12.5. The third kappa shape index (κ3) is 4.33. The van der Waals surface area contributed by atoms with E-state index in [1.807, 2.05) is 30.1 Å². The molecule has 1 aromatic rings. The zero-order valence-corrected chi connectivity index (χ0v) is 10.9. The van der Waals surface area contributed by atoms with Gasteiger partial charge >= 0.3 is 0 Å². The number of thioether (sulfide) groups is 1. The maximum Gasteiger partial charge on any atom is 0.126 e. The molecule has 0 radical (unpaired) electrons. The first-order valence-corrected chi connectivity index (χ1v) is 6.63. The van der Waals surface area contributed by atoms with Gasteiger partial charge in [0, 0.05) is 22.5 Å². The molecule has 0 fully saturated rings. The van der Waals surface area contributed by atoms with Gasteiger partial charge in [-0.25, -0.2) is 4.98 Å². The molecule has 0 aliphatic rings. The molecule has 78 valence electrons. The van der Waals surface area contributed by atoms with E-state index in [1.54, 1.807) is 0 Å². The number of anilines is 1. The Morgan fingerprint density at radius 2 is 2.36 bits per heavy atom. The van der Waals surface area contributed by atoms with E-state index in [2.05, 4.69) is 40.1 Å². The monoisotopic (exact) mass is 274 g/mol. The highest BCUT2D eigenvalue weighted by molar-refractivity contribution is 9.10. The number of aromatic nitrogens is 1. The second kappa shape index (κ2) is 6.30. The molecule has 1 atom stereocenters. The second-order valence-corrected chi connectivity index (χ2v) is 5.30. The van der Waals surface area contributed by atoms with Gasteiger partial charge in [0.1, 0.15) is 5.82 Å². The van der Waals surface area contributed by atoms with Crippen LogP contribution < -0.4 is 5.32 Å². The summed E-state index contributed by atoms with van der Waals surface area (Å²) in [4.78, 5) is 4.26. The number of nitrogens with zero attached hydrogens (tertiary/aromatic N) is 1. The Kier molecular flexibility index (Phi) is 5.33. The van der Waals surface area contributed by atoms with Crippen LogP contribution in [0.2, 0.25) is 0 Å². The molecule has 1 heterocycles. The Bertz CT molecular complexity index is 263. The van der Waals surface area contributed by atoms with Crippen LogP contribution >= 0.6 is 27.7 Å². The van der Waals surface area contributed by atoms with E-state index in [-0.39, 0.29) is 0 Å². The lowest BCUT2D eigenvalue weighted by Gasteiger charge is -2.13. The van der Waals surface area contributed by atoms with Crippen molar-refractivity contribution < 1.29 is 0 Å². The van der Waals surface area contributed by atoms with Crippen LogP contribution in [0.15, 0.2) is 22.8 Å². The van der Waals surface area contributed by atoms with Crippen LogP contribution in [-0.2, 0) is 0 Å². The molecule has 0 spiro atoms. The van der Waals surface area contributed by atoms with Crippen LogP contribution in [0.5, 0.6) is 0 Å². The van der Waals surface area contributed by atoms with Crippen LogP contribution in [-0.4, -0.2) is 22.5 Å². The van der Waals surface area contributed by atoms with Gasteiger partial charge in [-0.1, -0.05) is 6.92 Å². The topological polar surface area (TPSA) is 24.9 Å². The highest BCUT2D eigenvalue weighted by Gasteiger charge is 2.01. The van der Waals surface area contributed by atoms with Crippen molar-refractivity contribution in [3.05, 3.63) is 22.8 Å². The third-order valence-corrected chi connectivity index (χ3v) is 3.31. The molecule has 0 amide bonds. The number of pyridine rings is 1. The standard InChI is InChI=1S/C10H15BrN2S/c1-3-14-7-8(2)13-10-5-4-9(11)6-12-10/h4-6,8H,3,7H2,1-2H3,(H,12,13). The van der Waals surface area contributed by atoms with Gasteiger partial charge in [0.2, 0.25) is 0 Å². The minimum atomic E-state index is 0.466. The first kappa shape index (κ1) is 11.9. The molecular weight excluding hydrogens is 260 g/mol. The summed E-state index contributed by atoms with van der Waals surface area (Å²) >= 11 is 5.30. The predicted octanol–water partition coefficient (Wildman–Crippen LogP) is 3.40. The molecule has 0 saturated heterocycles. The van der Waals surface area contributed by atoms with Crippen molar-refractivity contribution in [3.63, 3.8) is 0 Å². The van der Waals surface area contributed by atoms with Gasteiger partial charge in [0.25, 0.3) is 0 Å². The molecule has 0 aliphatic heterocycles. The Hall–Kier alpha value is -0.220. The van der Waals surface area contributed by atoms with Gasteiger partial charge < -0.3 is 5.32 Å². The fourth-order valence-electron chi connectivity index (χ4n) is 1.05. The lowest BCUT2D eigenvalue weighted by atomic mass is 10.4. The van der Waals surface area contributed by atoms with Gasteiger partial charge in [-0.3, -0.25) is 0 Å². The lowest BCUT2D eigenvalue weighted by Crippen LogP contribution is -2.18. The largest absolute Gasteiger partial charge is 0.367 e. The molecular formula is C10H15BrN2S. The van der Waals surface area contributed by atoms with E-state index in [1.165, 1.54) is 5.75 Å². The van der Waals surface area contributed by atoms with Crippen LogP contribution in [0.25, 0.3) is 0 Å². The summed E-state index contributed by atoms with van der Waals surface area (Å²) in [7, 11) is 0. The predicted molar refractivity (Wildman–Crippen MR) is 68.0 cm³/mol. The lowest BCUT2D eigenvalue weighted by molar-refractivity contribution is 0.902. The molecule has 14 heavy (non-hydrogen) atoms. The van der Waals surface area contributed by atoms with Crippen molar-refractivity contribution in [2.75, 3.05) is 16.8 Å². The van der Waals surface area contributed by atoms with Crippen molar-refractivity contribution >= 4 is 33.5 Å². The van der Waals surface area contributed by atoms with E-state index in [9.17, 15) is 0 Å². The molecule has 2 nitrogen and oxygen atoms in total. The summed E-state index contributed by atoms with van der Waals surface area (Å²) in [5.41, 5.74) is 0. The van der Waals surface area contributed by atoms with E-state index in [4.69, 9.17) is 0 Å². The van der Waals surface area contributed by atoms with Crippen molar-refractivity contribution in [3.8, 4) is 0 Å². The maximum absolute atomic E-state index is 4.26. The molecule has 0 saturated carbocycles. The Labute approximate surface area is 98.0 Å². The van der Waals surface area contributed by atoms with Crippen molar-refractivity contribution in [1.29, 1.82) is 0 Å². The highest BCUT2D eigenvalue weighted by Crippen LogP contribution is 2.12. The summed E-state index contributed by atoms with van der Waals surface area (Å²) in [6, 6.07) is 4.44. The third-order valence-electron chi connectivity index (χ3n) is 1.69. The zero-order chi connectivity index (χ0) is 10.4. The smallest absolute Gasteiger partial charge is 0.126 e.